The van der Waals surface area contributed by atoms with Gasteiger partial charge in [-0.2, -0.15) is 0 Å². The van der Waals surface area contributed by atoms with E-state index in [1.807, 2.05) is 50.4 Å². The van der Waals surface area contributed by atoms with Crippen molar-refractivity contribution >= 4 is 5.91 Å². The highest BCUT2D eigenvalue weighted by Crippen LogP contribution is 2.23. The maximum atomic E-state index is 12.5. The molecule has 1 unspecified atom stereocenters. The molecule has 1 amide bonds. The Kier molecular flexibility index (Phi) is 7.26. The first-order valence-electron chi connectivity index (χ1n) is 10.5. The normalized spacial score (nSPS) is 20.9. The molecule has 1 aliphatic rings. The molecule has 1 aromatic carbocycles. The number of aryl methyl sites for hydroxylation is 1. The molecule has 1 saturated carbocycles. The van der Waals surface area contributed by atoms with Crippen molar-refractivity contribution in [3.63, 3.8) is 0 Å². The summed E-state index contributed by atoms with van der Waals surface area (Å²) >= 11 is 0. The van der Waals surface area contributed by atoms with E-state index in [2.05, 4.69) is 22.3 Å². The molecule has 1 heterocycles. The van der Waals surface area contributed by atoms with E-state index in [9.17, 15) is 4.79 Å². The molecule has 1 fully saturated rings. The van der Waals surface area contributed by atoms with Crippen molar-refractivity contribution in [1.29, 1.82) is 0 Å². The quantitative estimate of drug-likeness (QED) is 0.739. The molecule has 0 aliphatic heterocycles. The summed E-state index contributed by atoms with van der Waals surface area (Å²) in [4.78, 5) is 14.7. The van der Waals surface area contributed by atoms with Crippen LogP contribution in [-0.2, 0) is 11.2 Å². The van der Waals surface area contributed by atoms with Gasteiger partial charge in [0.05, 0.1) is 6.04 Å². The van der Waals surface area contributed by atoms with Gasteiger partial charge in [0.2, 0.25) is 5.91 Å². The van der Waals surface area contributed by atoms with Crippen LogP contribution in [0.2, 0.25) is 0 Å². The van der Waals surface area contributed by atoms with E-state index >= 15 is 0 Å². The summed E-state index contributed by atoms with van der Waals surface area (Å²) in [6, 6.07) is 12.3. The minimum atomic E-state index is -0.117. The Hall–Kier alpha value is -2.14. The van der Waals surface area contributed by atoms with Gasteiger partial charge in [0.15, 0.2) is 0 Å². The minimum Gasteiger partial charge on any atom is -0.361 e. The second-order valence-electron chi connectivity index (χ2n) is 8.27. The van der Waals surface area contributed by atoms with E-state index in [1.54, 1.807) is 0 Å². The van der Waals surface area contributed by atoms with E-state index in [-0.39, 0.29) is 11.9 Å². The van der Waals surface area contributed by atoms with Crippen LogP contribution >= 0.6 is 0 Å². The van der Waals surface area contributed by atoms with Crippen molar-refractivity contribution in [3.05, 3.63) is 42.2 Å². The van der Waals surface area contributed by atoms with Crippen LogP contribution in [0, 0.1) is 5.92 Å². The van der Waals surface area contributed by atoms with Gasteiger partial charge in [0, 0.05) is 24.1 Å². The van der Waals surface area contributed by atoms with Crippen LogP contribution in [0.25, 0.3) is 11.3 Å². The topological polar surface area (TPSA) is 58.4 Å². The van der Waals surface area contributed by atoms with E-state index in [0.29, 0.717) is 6.04 Å². The summed E-state index contributed by atoms with van der Waals surface area (Å²) < 4.78 is 5.47. The second kappa shape index (κ2) is 9.87. The molecule has 5 nitrogen and oxygen atoms in total. The summed E-state index contributed by atoms with van der Waals surface area (Å²) in [5.41, 5.74) is 1.94. The Bertz CT molecular complexity index is 735. The summed E-state index contributed by atoms with van der Waals surface area (Å²) in [6.45, 7) is 5.13. The van der Waals surface area contributed by atoms with Crippen LogP contribution in [0.4, 0.5) is 0 Å². The number of rotatable bonds is 8. The predicted octanol–water partition coefficient (Wildman–Crippen LogP) is 4.29. The molecule has 0 bridgehead atoms. The van der Waals surface area contributed by atoms with Crippen molar-refractivity contribution in [1.82, 2.24) is 15.4 Å². The molecule has 152 valence electrons. The number of carbonyl (C=O) groups excluding carboxylic acids is 1. The lowest BCUT2D eigenvalue weighted by atomic mass is 9.87. The van der Waals surface area contributed by atoms with Crippen LogP contribution in [0.3, 0.4) is 0 Å². The first kappa shape index (κ1) is 20.6. The SMILES string of the molecule is CC1CCC(NC(=O)C(C)N(C)CCCc2cc(-c3ccccc3)no2)CC1. The van der Waals surface area contributed by atoms with Gasteiger partial charge in [-0.3, -0.25) is 9.69 Å². The molecule has 0 radical (unpaired) electrons. The number of aromatic nitrogens is 1. The zero-order valence-electron chi connectivity index (χ0n) is 17.4. The summed E-state index contributed by atoms with van der Waals surface area (Å²) in [6.07, 6.45) is 6.41. The largest absolute Gasteiger partial charge is 0.361 e. The smallest absolute Gasteiger partial charge is 0.237 e. The number of likely N-dealkylation sites (N-methyl/N-ethyl adjacent to an activating group) is 1. The average Bonchev–Trinajstić information content (AvgIpc) is 3.18. The fourth-order valence-corrected chi connectivity index (χ4v) is 3.80. The van der Waals surface area contributed by atoms with Gasteiger partial charge in [-0.05, 0) is 58.5 Å². The zero-order valence-corrected chi connectivity index (χ0v) is 17.4. The molecule has 1 atom stereocenters. The number of benzene rings is 1. The van der Waals surface area contributed by atoms with Gasteiger partial charge in [0.25, 0.3) is 0 Å². The molecule has 5 heteroatoms. The van der Waals surface area contributed by atoms with E-state index < -0.39 is 0 Å². The average molecular weight is 384 g/mol. The fourth-order valence-electron chi connectivity index (χ4n) is 3.80. The number of amides is 1. The highest BCUT2D eigenvalue weighted by Gasteiger charge is 2.24. The molecule has 3 rings (SSSR count). The Labute approximate surface area is 168 Å². The lowest BCUT2D eigenvalue weighted by Crippen LogP contribution is -2.48. The van der Waals surface area contributed by atoms with Gasteiger partial charge in [0.1, 0.15) is 11.5 Å². The summed E-state index contributed by atoms with van der Waals surface area (Å²) in [5.74, 6) is 1.83. The molecular formula is C23H33N3O2. The highest BCUT2D eigenvalue weighted by molar-refractivity contribution is 5.81. The Morgan fingerprint density at radius 1 is 1.25 bits per heavy atom. The van der Waals surface area contributed by atoms with Crippen molar-refractivity contribution in [2.75, 3.05) is 13.6 Å². The fraction of sp³-hybridized carbons (Fsp3) is 0.565. The predicted molar refractivity (Wildman–Crippen MR) is 112 cm³/mol. The monoisotopic (exact) mass is 383 g/mol. The number of hydrogen-bond acceptors (Lipinski definition) is 4. The maximum Gasteiger partial charge on any atom is 0.237 e. The molecule has 0 saturated heterocycles. The number of carbonyl (C=O) groups is 1. The lowest BCUT2D eigenvalue weighted by Gasteiger charge is -2.30. The van der Waals surface area contributed by atoms with Gasteiger partial charge in [-0.25, -0.2) is 0 Å². The third kappa shape index (κ3) is 5.68. The van der Waals surface area contributed by atoms with E-state index in [4.69, 9.17) is 4.52 Å². The van der Waals surface area contributed by atoms with E-state index in [1.165, 1.54) is 12.8 Å². The molecule has 1 aromatic heterocycles. The minimum absolute atomic E-state index is 0.117. The molecule has 1 aliphatic carbocycles. The highest BCUT2D eigenvalue weighted by atomic mass is 16.5. The standard InChI is InChI=1S/C23H33N3O2/c1-17-11-13-20(14-12-17)24-23(27)18(2)26(3)15-7-10-21-16-22(25-28-21)19-8-5-4-6-9-19/h4-6,8-9,16-18,20H,7,10-15H2,1-3H3,(H,24,27). The zero-order chi connectivity index (χ0) is 19.9. The van der Waals surface area contributed by atoms with Gasteiger partial charge in [-0.1, -0.05) is 42.4 Å². The number of hydrogen-bond donors (Lipinski definition) is 1. The molecule has 0 spiro atoms. The van der Waals surface area contributed by atoms with Crippen LogP contribution < -0.4 is 5.32 Å². The maximum absolute atomic E-state index is 12.5. The van der Waals surface area contributed by atoms with Crippen molar-refractivity contribution in [2.45, 2.75) is 64.5 Å². The van der Waals surface area contributed by atoms with E-state index in [0.717, 1.165) is 55.2 Å². The van der Waals surface area contributed by atoms with Crippen molar-refractivity contribution in [2.24, 2.45) is 5.92 Å². The van der Waals surface area contributed by atoms with Gasteiger partial charge >= 0.3 is 0 Å². The molecule has 1 N–H and O–H groups in total. The molecular weight excluding hydrogens is 350 g/mol. The van der Waals surface area contributed by atoms with Crippen molar-refractivity contribution < 1.29 is 9.32 Å². The third-order valence-electron chi connectivity index (χ3n) is 5.97. The van der Waals surface area contributed by atoms with Gasteiger partial charge in [-0.15, -0.1) is 0 Å². The van der Waals surface area contributed by atoms with Crippen LogP contribution in [0.1, 0.15) is 51.7 Å². The first-order chi connectivity index (χ1) is 13.5. The van der Waals surface area contributed by atoms with Crippen LogP contribution in [-0.4, -0.2) is 41.6 Å². The van der Waals surface area contributed by atoms with Crippen molar-refractivity contribution in [3.8, 4) is 11.3 Å². The lowest BCUT2D eigenvalue weighted by molar-refractivity contribution is -0.126. The number of nitrogens with one attached hydrogen (secondary N) is 1. The van der Waals surface area contributed by atoms with Crippen LogP contribution in [0.15, 0.2) is 40.9 Å². The van der Waals surface area contributed by atoms with Gasteiger partial charge < -0.3 is 9.84 Å². The molecule has 28 heavy (non-hydrogen) atoms. The molecule has 2 aromatic rings. The second-order valence-corrected chi connectivity index (χ2v) is 8.27. The Balaban J connectivity index is 1.40. The summed E-state index contributed by atoms with van der Waals surface area (Å²) in [7, 11) is 2.02. The number of nitrogens with zero attached hydrogens (tertiary/aromatic N) is 2. The summed E-state index contributed by atoms with van der Waals surface area (Å²) in [5, 5.41) is 7.41. The Morgan fingerprint density at radius 3 is 2.68 bits per heavy atom. The third-order valence-corrected chi connectivity index (χ3v) is 5.97. The Morgan fingerprint density at radius 2 is 1.96 bits per heavy atom. The van der Waals surface area contributed by atoms with Crippen LogP contribution in [0.5, 0.6) is 0 Å². The first-order valence-corrected chi connectivity index (χ1v) is 10.5.